The predicted molar refractivity (Wildman–Crippen MR) is 69.4 cm³/mol. The maximum absolute atomic E-state index is 10.8. The van der Waals surface area contributed by atoms with E-state index in [1.54, 1.807) is 12.3 Å². The van der Waals surface area contributed by atoms with Crippen LogP contribution in [0, 0.1) is 17.0 Å². The Hall–Kier alpha value is -2.34. The van der Waals surface area contributed by atoms with Crippen molar-refractivity contribution >= 4 is 5.69 Å². The summed E-state index contributed by atoms with van der Waals surface area (Å²) >= 11 is 0. The van der Waals surface area contributed by atoms with Gasteiger partial charge < -0.3 is 5.32 Å². The van der Waals surface area contributed by atoms with Crippen molar-refractivity contribution in [2.24, 2.45) is 0 Å². The number of aromatic nitrogens is 2. The minimum absolute atomic E-state index is 0.0582. The highest BCUT2D eigenvalue weighted by molar-refractivity contribution is 5.63. The fourth-order valence-electron chi connectivity index (χ4n) is 2.15. The van der Waals surface area contributed by atoms with Gasteiger partial charge in [0.15, 0.2) is 5.82 Å². The Morgan fingerprint density at radius 2 is 2.21 bits per heavy atom. The van der Waals surface area contributed by atoms with Crippen LogP contribution in [0.2, 0.25) is 0 Å². The molecular weight excluding hydrogens is 244 g/mol. The number of nitrogens with one attached hydrogen (secondary N) is 1. The minimum atomic E-state index is -0.405. The van der Waals surface area contributed by atoms with Gasteiger partial charge in [0.25, 0.3) is 5.69 Å². The Bertz CT molecular complexity index is 670. The largest absolute Gasteiger partial charge is 0.307 e. The van der Waals surface area contributed by atoms with E-state index in [1.165, 1.54) is 12.1 Å². The number of hydrogen-bond donors (Lipinski definition) is 1. The molecular formula is C13H12N4O2. The summed E-state index contributed by atoms with van der Waals surface area (Å²) in [6.45, 7) is 3.40. The van der Waals surface area contributed by atoms with E-state index in [1.807, 2.05) is 6.92 Å². The van der Waals surface area contributed by atoms with Crippen molar-refractivity contribution in [2.75, 3.05) is 0 Å². The summed E-state index contributed by atoms with van der Waals surface area (Å²) in [6.07, 6.45) is 1.79. The second kappa shape index (κ2) is 4.40. The average molecular weight is 256 g/mol. The number of non-ortho nitro benzene ring substituents is 1. The van der Waals surface area contributed by atoms with Gasteiger partial charge in [-0.05, 0) is 12.5 Å². The summed E-state index contributed by atoms with van der Waals surface area (Å²) < 4.78 is 0. The van der Waals surface area contributed by atoms with Crippen molar-refractivity contribution < 1.29 is 4.92 Å². The van der Waals surface area contributed by atoms with E-state index in [0.717, 1.165) is 29.9 Å². The first kappa shape index (κ1) is 11.7. The third-order valence-corrected chi connectivity index (χ3v) is 3.23. The van der Waals surface area contributed by atoms with Crippen LogP contribution in [0.1, 0.15) is 16.8 Å². The fourth-order valence-corrected chi connectivity index (χ4v) is 2.15. The molecule has 3 rings (SSSR count). The average Bonchev–Trinajstić information content (AvgIpc) is 2.86. The molecule has 1 aromatic heterocycles. The van der Waals surface area contributed by atoms with Gasteiger partial charge in [-0.25, -0.2) is 9.97 Å². The molecule has 0 atom stereocenters. The molecule has 0 unspecified atom stereocenters. The van der Waals surface area contributed by atoms with Gasteiger partial charge in [-0.15, -0.1) is 0 Å². The van der Waals surface area contributed by atoms with Gasteiger partial charge in [0.2, 0.25) is 0 Å². The molecule has 2 aromatic rings. The van der Waals surface area contributed by atoms with Crippen molar-refractivity contribution in [3.63, 3.8) is 0 Å². The van der Waals surface area contributed by atoms with Gasteiger partial charge in [0.1, 0.15) is 0 Å². The summed E-state index contributed by atoms with van der Waals surface area (Å²) in [7, 11) is 0. The zero-order valence-corrected chi connectivity index (χ0v) is 10.4. The number of fused-ring (bicyclic) bond motifs is 1. The van der Waals surface area contributed by atoms with Gasteiger partial charge >= 0.3 is 0 Å². The third-order valence-electron chi connectivity index (χ3n) is 3.23. The van der Waals surface area contributed by atoms with Crippen molar-refractivity contribution in [3.05, 3.63) is 51.3 Å². The molecule has 0 amide bonds. The van der Waals surface area contributed by atoms with Crippen molar-refractivity contribution in [1.82, 2.24) is 15.3 Å². The summed E-state index contributed by atoms with van der Waals surface area (Å²) in [5.41, 5.74) is 3.76. The number of aryl methyl sites for hydroxylation is 1. The zero-order valence-electron chi connectivity index (χ0n) is 10.4. The SMILES string of the molecule is Cc1ccc([N+](=O)[O-])cc1-c1ncc2c(n1)CNC2. The fraction of sp³-hybridized carbons (Fsp3) is 0.231. The van der Waals surface area contributed by atoms with Crippen molar-refractivity contribution in [2.45, 2.75) is 20.0 Å². The summed E-state index contributed by atoms with van der Waals surface area (Å²) in [4.78, 5) is 19.2. The third kappa shape index (κ3) is 2.06. The molecule has 1 aliphatic rings. The van der Waals surface area contributed by atoms with Crippen LogP contribution in [0.25, 0.3) is 11.4 Å². The molecule has 0 bridgehead atoms. The molecule has 0 saturated heterocycles. The Morgan fingerprint density at radius 1 is 1.37 bits per heavy atom. The molecule has 0 fully saturated rings. The molecule has 0 spiro atoms. The number of hydrogen-bond acceptors (Lipinski definition) is 5. The lowest BCUT2D eigenvalue weighted by atomic mass is 10.1. The van der Waals surface area contributed by atoms with E-state index in [2.05, 4.69) is 15.3 Å². The Morgan fingerprint density at radius 3 is 3.00 bits per heavy atom. The van der Waals surface area contributed by atoms with E-state index in [-0.39, 0.29) is 5.69 Å². The lowest BCUT2D eigenvalue weighted by Crippen LogP contribution is -2.00. The van der Waals surface area contributed by atoms with Crippen LogP contribution in [0.5, 0.6) is 0 Å². The van der Waals surface area contributed by atoms with Crippen LogP contribution >= 0.6 is 0 Å². The minimum Gasteiger partial charge on any atom is -0.307 e. The monoisotopic (exact) mass is 256 g/mol. The Labute approximate surface area is 109 Å². The van der Waals surface area contributed by atoms with Gasteiger partial charge in [0.05, 0.1) is 10.6 Å². The van der Waals surface area contributed by atoms with E-state index in [0.29, 0.717) is 11.4 Å². The number of nitro benzene ring substituents is 1. The lowest BCUT2D eigenvalue weighted by Gasteiger charge is -2.06. The number of nitro groups is 1. The number of rotatable bonds is 2. The van der Waals surface area contributed by atoms with Gasteiger partial charge in [-0.2, -0.15) is 0 Å². The van der Waals surface area contributed by atoms with E-state index < -0.39 is 4.92 Å². The molecule has 0 saturated carbocycles. The number of benzene rings is 1. The highest BCUT2D eigenvalue weighted by atomic mass is 16.6. The smallest absolute Gasteiger partial charge is 0.270 e. The van der Waals surface area contributed by atoms with Crippen LogP contribution in [-0.4, -0.2) is 14.9 Å². The molecule has 19 heavy (non-hydrogen) atoms. The van der Waals surface area contributed by atoms with Crippen LogP contribution in [0.15, 0.2) is 24.4 Å². The molecule has 6 nitrogen and oxygen atoms in total. The van der Waals surface area contributed by atoms with Crippen molar-refractivity contribution in [3.8, 4) is 11.4 Å². The van der Waals surface area contributed by atoms with Crippen LogP contribution in [0.3, 0.4) is 0 Å². The molecule has 6 heteroatoms. The lowest BCUT2D eigenvalue weighted by molar-refractivity contribution is -0.384. The maximum atomic E-state index is 10.8. The van der Waals surface area contributed by atoms with E-state index in [4.69, 9.17) is 0 Å². The van der Waals surface area contributed by atoms with E-state index >= 15 is 0 Å². The first-order chi connectivity index (χ1) is 9.15. The second-order valence-electron chi connectivity index (χ2n) is 4.53. The first-order valence-electron chi connectivity index (χ1n) is 5.96. The topological polar surface area (TPSA) is 81.0 Å². The quantitative estimate of drug-likeness (QED) is 0.656. The highest BCUT2D eigenvalue weighted by Crippen LogP contribution is 2.26. The maximum Gasteiger partial charge on any atom is 0.270 e. The second-order valence-corrected chi connectivity index (χ2v) is 4.53. The summed E-state index contributed by atoms with van der Waals surface area (Å²) in [6, 6.07) is 4.75. The standard InChI is InChI=1S/C13H12N4O2/c1-8-2-3-10(17(18)19)4-11(8)13-15-6-9-5-14-7-12(9)16-13/h2-4,6,14H,5,7H2,1H3. The number of nitrogens with zero attached hydrogens (tertiary/aromatic N) is 3. The zero-order chi connectivity index (χ0) is 13.4. The Balaban J connectivity index is 2.11. The van der Waals surface area contributed by atoms with Gasteiger partial charge in [-0.3, -0.25) is 10.1 Å². The van der Waals surface area contributed by atoms with Crippen LogP contribution in [-0.2, 0) is 13.1 Å². The summed E-state index contributed by atoms with van der Waals surface area (Å²) in [5, 5.41) is 14.0. The first-order valence-corrected chi connectivity index (χ1v) is 5.96. The Kier molecular flexibility index (Phi) is 2.72. The highest BCUT2D eigenvalue weighted by Gasteiger charge is 2.16. The van der Waals surface area contributed by atoms with Crippen LogP contribution < -0.4 is 5.32 Å². The van der Waals surface area contributed by atoms with Crippen LogP contribution in [0.4, 0.5) is 5.69 Å². The summed E-state index contributed by atoms with van der Waals surface area (Å²) in [5.74, 6) is 0.545. The molecule has 0 radical (unpaired) electrons. The van der Waals surface area contributed by atoms with Gasteiger partial charge in [-0.1, -0.05) is 6.07 Å². The predicted octanol–water partition coefficient (Wildman–Crippen LogP) is 1.96. The molecule has 1 aliphatic heterocycles. The normalized spacial score (nSPS) is 13.3. The van der Waals surface area contributed by atoms with Crippen molar-refractivity contribution in [1.29, 1.82) is 0 Å². The van der Waals surface area contributed by atoms with E-state index in [9.17, 15) is 10.1 Å². The molecule has 1 aromatic carbocycles. The molecule has 96 valence electrons. The molecule has 0 aliphatic carbocycles. The molecule has 1 N–H and O–H groups in total. The molecule has 2 heterocycles. The van der Waals surface area contributed by atoms with Gasteiger partial charge in [0, 0.05) is 42.5 Å².